The molecule has 2 aromatic carbocycles. The molecule has 0 bridgehead atoms. The third-order valence-corrected chi connectivity index (χ3v) is 5.90. The lowest BCUT2D eigenvalue weighted by Gasteiger charge is -2.32. The Morgan fingerprint density at radius 2 is 1.66 bits per heavy atom. The van der Waals surface area contributed by atoms with Gasteiger partial charge in [-0.2, -0.15) is 0 Å². The fourth-order valence-electron chi connectivity index (χ4n) is 4.38. The second kappa shape index (κ2) is 7.52. The molecule has 4 rings (SSSR count). The Balaban J connectivity index is 1.59. The van der Waals surface area contributed by atoms with E-state index in [1.807, 2.05) is 44.2 Å². The zero-order valence-electron chi connectivity index (χ0n) is 17.3. The normalized spacial score (nSPS) is 19.4. The van der Waals surface area contributed by atoms with Crippen molar-refractivity contribution in [2.75, 3.05) is 25.7 Å². The van der Waals surface area contributed by atoms with E-state index in [1.165, 1.54) is 10.5 Å². The zero-order valence-corrected chi connectivity index (χ0v) is 17.3. The van der Waals surface area contributed by atoms with Crippen LogP contribution in [0.15, 0.2) is 30.3 Å². The zero-order chi connectivity index (χ0) is 20.7. The van der Waals surface area contributed by atoms with E-state index in [4.69, 9.17) is 9.47 Å². The number of methoxy groups -OCH3 is 2. The maximum Gasteiger partial charge on any atom is 0.251 e. The van der Waals surface area contributed by atoms with E-state index in [9.17, 15) is 9.59 Å². The third kappa shape index (κ3) is 3.38. The Kier molecular flexibility index (Phi) is 5.04. The SMILES string of the molecule is COc1cc2c(cc1OC)CN([C@H]1CC(=O)N(c3ccc(C)cc3C)C1=O)CC2. The first-order valence-electron chi connectivity index (χ1n) is 9.84. The number of rotatable bonds is 4. The van der Waals surface area contributed by atoms with Crippen LogP contribution in [0.25, 0.3) is 0 Å². The number of nitrogens with zero attached hydrogens (tertiary/aromatic N) is 2. The molecule has 0 spiro atoms. The molecule has 1 saturated heterocycles. The summed E-state index contributed by atoms with van der Waals surface area (Å²) in [6, 6.07) is 9.36. The molecular formula is C23H26N2O4. The molecule has 6 heteroatoms. The quantitative estimate of drug-likeness (QED) is 0.746. The Morgan fingerprint density at radius 3 is 2.31 bits per heavy atom. The van der Waals surface area contributed by atoms with Crippen LogP contribution in [-0.2, 0) is 22.6 Å². The molecular weight excluding hydrogens is 368 g/mol. The number of aryl methyl sites for hydroxylation is 2. The van der Waals surface area contributed by atoms with Crippen LogP contribution in [0.3, 0.4) is 0 Å². The number of benzene rings is 2. The average molecular weight is 394 g/mol. The molecule has 152 valence electrons. The summed E-state index contributed by atoms with van der Waals surface area (Å²) in [5.41, 5.74) is 5.05. The molecule has 2 aromatic rings. The van der Waals surface area contributed by atoms with Gasteiger partial charge in [0.15, 0.2) is 11.5 Å². The van der Waals surface area contributed by atoms with Crippen molar-refractivity contribution in [1.29, 1.82) is 0 Å². The second-order valence-electron chi connectivity index (χ2n) is 7.77. The van der Waals surface area contributed by atoms with E-state index in [0.717, 1.165) is 29.7 Å². The number of carbonyl (C=O) groups is 2. The highest BCUT2D eigenvalue weighted by atomic mass is 16.5. The van der Waals surface area contributed by atoms with E-state index < -0.39 is 6.04 Å². The molecule has 2 heterocycles. The monoisotopic (exact) mass is 394 g/mol. The molecule has 29 heavy (non-hydrogen) atoms. The maximum atomic E-state index is 13.2. The summed E-state index contributed by atoms with van der Waals surface area (Å²) in [6.45, 7) is 5.28. The van der Waals surface area contributed by atoms with Gasteiger partial charge in [-0.3, -0.25) is 14.5 Å². The number of ether oxygens (including phenoxy) is 2. The van der Waals surface area contributed by atoms with Crippen LogP contribution >= 0.6 is 0 Å². The first-order chi connectivity index (χ1) is 13.9. The number of amides is 2. The molecule has 0 unspecified atom stereocenters. The van der Waals surface area contributed by atoms with Crippen molar-refractivity contribution in [3.8, 4) is 11.5 Å². The van der Waals surface area contributed by atoms with Crippen LogP contribution in [0.4, 0.5) is 5.69 Å². The predicted molar refractivity (Wildman–Crippen MR) is 110 cm³/mol. The third-order valence-electron chi connectivity index (χ3n) is 5.90. The topological polar surface area (TPSA) is 59.1 Å². The summed E-state index contributed by atoms with van der Waals surface area (Å²) < 4.78 is 10.8. The van der Waals surface area contributed by atoms with E-state index in [2.05, 4.69) is 4.90 Å². The molecule has 0 aromatic heterocycles. The molecule has 2 aliphatic heterocycles. The number of carbonyl (C=O) groups excluding carboxylic acids is 2. The Hall–Kier alpha value is -2.86. The van der Waals surface area contributed by atoms with Crippen LogP contribution in [0.5, 0.6) is 11.5 Å². The van der Waals surface area contributed by atoms with Gasteiger partial charge in [-0.15, -0.1) is 0 Å². The van der Waals surface area contributed by atoms with Gasteiger partial charge in [0.05, 0.1) is 32.4 Å². The van der Waals surface area contributed by atoms with Crippen LogP contribution < -0.4 is 14.4 Å². The molecule has 0 saturated carbocycles. The lowest BCUT2D eigenvalue weighted by atomic mass is 9.97. The van der Waals surface area contributed by atoms with Crippen LogP contribution in [0.1, 0.15) is 28.7 Å². The van der Waals surface area contributed by atoms with Crippen molar-refractivity contribution in [1.82, 2.24) is 4.90 Å². The molecule has 0 radical (unpaired) electrons. The number of hydrogen-bond acceptors (Lipinski definition) is 5. The Bertz CT molecular complexity index is 985. The van der Waals surface area contributed by atoms with Crippen LogP contribution in [0.2, 0.25) is 0 Å². The van der Waals surface area contributed by atoms with Gasteiger partial charge in [0.2, 0.25) is 5.91 Å². The van der Waals surface area contributed by atoms with Crippen molar-refractivity contribution >= 4 is 17.5 Å². The minimum absolute atomic E-state index is 0.133. The van der Waals surface area contributed by atoms with Crippen LogP contribution in [0, 0.1) is 13.8 Å². The summed E-state index contributed by atoms with van der Waals surface area (Å²) in [5, 5.41) is 0. The van der Waals surface area contributed by atoms with Gasteiger partial charge in [0, 0.05) is 13.1 Å². The second-order valence-corrected chi connectivity index (χ2v) is 7.77. The highest BCUT2D eigenvalue weighted by Crippen LogP contribution is 2.35. The van der Waals surface area contributed by atoms with Gasteiger partial charge >= 0.3 is 0 Å². The first-order valence-corrected chi connectivity index (χ1v) is 9.84. The smallest absolute Gasteiger partial charge is 0.251 e. The number of anilines is 1. The molecule has 0 aliphatic carbocycles. The Morgan fingerprint density at radius 1 is 0.966 bits per heavy atom. The molecule has 6 nitrogen and oxygen atoms in total. The van der Waals surface area contributed by atoms with E-state index in [1.54, 1.807) is 14.2 Å². The summed E-state index contributed by atoms with van der Waals surface area (Å²) in [6.07, 6.45) is 1.02. The van der Waals surface area contributed by atoms with E-state index in [0.29, 0.717) is 23.7 Å². The van der Waals surface area contributed by atoms with Crippen molar-refractivity contribution in [3.05, 3.63) is 52.6 Å². The van der Waals surface area contributed by atoms with Gasteiger partial charge in [0.1, 0.15) is 0 Å². The van der Waals surface area contributed by atoms with Crippen molar-refractivity contribution in [2.24, 2.45) is 0 Å². The van der Waals surface area contributed by atoms with Gasteiger partial charge in [0.25, 0.3) is 5.91 Å². The highest BCUT2D eigenvalue weighted by Gasteiger charge is 2.43. The minimum atomic E-state index is -0.426. The first kappa shape index (κ1) is 19.5. The summed E-state index contributed by atoms with van der Waals surface area (Å²) in [7, 11) is 3.25. The van der Waals surface area contributed by atoms with Crippen LogP contribution in [-0.4, -0.2) is 43.5 Å². The molecule has 0 N–H and O–H groups in total. The van der Waals surface area contributed by atoms with Gasteiger partial charge in [-0.1, -0.05) is 17.7 Å². The summed E-state index contributed by atoms with van der Waals surface area (Å²) in [4.78, 5) is 29.4. The van der Waals surface area contributed by atoms with E-state index in [-0.39, 0.29) is 18.2 Å². The minimum Gasteiger partial charge on any atom is -0.493 e. The number of imide groups is 1. The maximum absolute atomic E-state index is 13.2. The van der Waals surface area contributed by atoms with Gasteiger partial charge < -0.3 is 9.47 Å². The molecule has 1 atom stereocenters. The fraction of sp³-hybridized carbons (Fsp3) is 0.391. The standard InChI is InChI=1S/C23H26N2O4/c1-14-5-6-18(15(2)9-14)25-22(26)12-19(23(25)27)24-8-7-16-10-20(28-3)21(29-4)11-17(16)13-24/h5-6,9-11,19H,7-8,12-13H2,1-4H3/t19-/m0/s1. The summed E-state index contributed by atoms with van der Waals surface area (Å²) >= 11 is 0. The fourth-order valence-corrected chi connectivity index (χ4v) is 4.38. The lowest BCUT2D eigenvalue weighted by molar-refractivity contribution is -0.123. The number of hydrogen-bond donors (Lipinski definition) is 0. The van der Waals surface area contributed by atoms with Gasteiger partial charge in [-0.05, 0) is 55.2 Å². The highest BCUT2D eigenvalue weighted by molar-refractivity contribution is 6.22. The molecule has 2 aliphatic rings. The largest absolute Gasteiger partial charge is 0.493 e. The lowest BCUT2D eigenvalue weighted by Crippen LogP contribution is -2.44. The van der Waals surface area contributed by atoms with Crippen molar-refractivity contribution in [2.45, 2.75) is 39.3 Å². The molecule has 1 fully saturated rings. The molecule has 2 amide bonds. The van der Waals surface area contributed by atoms with Crippen molar-refractivity contribution < 1.29 is 19.1 Å². The van der Waals surface area contributed by atoms with Gasteiger partial charge in [-0.25, -0.2) is 4.90 Å². The van der Waals surface area contributed by atoms with Crippen molar-refractivity contribution in [3.63, 3.8) is 0 Å². The summed E-state index contributed by atoms with van der Waals surface area (Å²) in [5.74, 6) is 1.13. The predicted octanol–water partition coefficient (Wildman–Crippen LogP) is 3.01. The average Bonchev–Trinajstić information content (AvgIpc) is 3.00. The Labute approximate surface area is 171 Å². The number of fused-ring (bicyclic) bond motifs is 1. The van der Waals surface area contributed by atoms with E-state index >= 15 is 0 Å².